The van der Waals surface area contributed by atoms with Gasteiger partial charge < -0.3 is 14.8 Å². The normalized spacial score (nSPS) is 24.4. The molecule has 2 atom stereocenters. The van der Waals surface area contributed by atoms with Crippen molar-refractivity contribution >= 4 is 0 Å². The third-order valence-corrected chi connectivity index (χ3v) is 4.58. The van der Waals surface area contributed by atoms with Crippen LogP contribution in [0.2, 0.25) is 0 Å². The van der Waals surface area contributed by atoms with Gasteiger partial charge in [-0.25, -0.2) is 0 Å². The first-order valence-corrected chi connectivity index (χ1v) is 7.80. The number of ether oxygens (including phenoxy) is 2. The van der Waals surface area contributed by atoms with Crippen molar-refractivity contribution in [3.8, 4) is 5.75 Å². The Hall–Kier alpha value is -1.84. The lowest BCUT2D eigenvalue weighted by Crippen LogP contribution is -2.39. The Morgan fingerprint density at radius 3 is 2.64 bits per heavy atom. The molecular formula is C19H23NO2. The molecule has 1 fully saturated rings. The van der Waals surface area contributed by atoms with Crippen molar-refractivity contribution in [1.82, 2.24) is 5.32 Å². The molecule has 0 aromatic heterocycles. The highest BCUT2D eigenvalue weighted by Gasteiger charge is 2.42. The summed E-state index contributed by atoms with van der Waals surface area (Å²) in [7, 11) is 1.79. The van der Waals surface area contributed by atoms with Crippen LogP contribution in [0, 0.1) is 0 Å². The molecule has 0 saturated carbocycles. The van der Waals surface area contributed by atoms with Crippen molar-refractivity contribution in [2.24, 2.45) is 0 Å². The number of hydrogen-bond acceptors (Lipinski definition) is 3. The van der Waals surface area contributed by atoms with Gasteiger partial charge in [0.25, 0.3) is 0 Å². The standard InChI is InChI=1S/C19H23NO2/c1-15-19(21-2,11-12-20-15)17-9-6-10-18(13-17)22-14-16-7-4-3-5-8-16/h3-10,13,15,20H,11-12,14H2,1-2H3. The first-order chi connectivity index (χ1) is 10.7. The summed E-state index contributed by atoms with van der Waals surface area (Å²) in [4.78, 5) is 0. The average Bonchev–Trinajstić information content (AvgIpc) is 2.96. The fourth-order valence-corrected chi connectivity index (χ4v) is 3.24. The average molecular weight is 297 g/mol. The first-order valence-electron chi connectivity index (χ1n) is 7.80. The fourth-order valence-electron chi connectivity index (χ4n) is 3.24. The molecule has 3 heteroatoms. The molecule has 0 aliphatic carbocycles. The van der Waals surface area contributed by atoms with Gasteiger partial charge in [-0.2, -0.15) is 0 Å². The number of benzene rings is 2. The molecule has 2 aromatic rings. The van der Waals surface area contributed by atoms with Crippen molar-refractivity contribution in [1.29, 1.82) is 0 Å². The van der Waals surface area contributed by atoms with Gasteiger partial charge in [0, 0.05) is 13.2 Å². The van der Waals surface area contributed by atoms with Crippen LogP contribution in [-0.2, 0) is 16.9 Å². The van der Waals surface area contributed by atoms with E-state index < -0.39 is 0 Å². The van der Waals surface area contributed by atoms with Gasteiger partial charge in [0.2, 0.25) is 0 Å². The predicted molar refractivity (Wildman–Crippen MR) is 88.0 cm³/mol. The number of rotatable bonds is 5. The molecular weight excluding hydrogens is 274 g/mol. The van der Waals surface area contributed by atoms with Crippen LogP contribution in [0.5, 0.6) is 5.75 Å². The van der Waals surface area contributed by atoms with E-state index in [2.05, 4.69) is 36.5 Å². The molecule has 1 aliphatic heterocycles. The molecule has 116 valence electrons. The molecule has 3 rings (SSSR count). The van der Waals surface area contributed by atoms with Crippen LogP contribution in [-0.4, -0.2) is 19.7 Å². The summed E-state index contributed by atoms with van der Waals surface area (Å²) in [5, 5.41) is 3.47. The van der Waals surface area contributed by atoms with Gasteiger partial charge in [0.15, 0.2) is 0 Å². The molecule has 0 bridgehead atoms. The Bertz CT molecular complexity index is 614. The lowest BCUT2D eigenvalue weighted by atomic mass is 9.87. The van der Waals surface area contributed by atoms with Gasteiger partial charge in [-0.3, -0.25) is 0 Å². The minimum Gasteiger partial charge on any atom is -0.489 e. The van der Waals surface area contributed by atoms with E-state index in [-0.39, 0.29) is 5.60 Å². The quantitative estimate of drug-likeness (QED) is 0.916. The second kappa shape index (κ2) is 6.51. The molecule has 3 nitrogen and oxygen atoms in total. The van der Waals surface area contributed by atoms with E-state index in [0.717, 1.165) is 18.7 Å². The summed E-state index contributed by atoms with van der Waals surface area (Å²) >= 11 is 0. The van der Waals surface area contributed by atoms with Crippen LogP contribution in [0.15, 0.2) is 54.6 Å². The largest absolute Gasteiger partial charge is 0.489 e. The molecule has 22 heavy (non-hydrogen) atoms. The molecule has 1 aliphatic rings. The maximum Gasteiger partial charge on any atom is 0.120 e. The summed E-state index contributed by atoms with van der Waals surface area (Å²) in [5.74, 6) is 0.886. The van der Waals surface area contributed by atoms with E-state index in [0.29, 0.717) is 12.6 Å². The van der Waals surface area contributed by atoms with Gasteiger partial charge in [0.1, 0.15) is 18.0 Å². The van der Waals surface area contributed by atoms with Crippen LogP contribution < -0.4 is 10.1 Å². The van der Waals surface area contributed by atoms with Crippen LogP contribution >= 0.6 is 0 Å². The van der Waals surface area contributed by atoms with Crippen molar-refractivity contribution in [2.75, 3.05) is 13.7 Å². The summed E-state index contributed by atoms with van der Waals surface area (Å²) < 4.78 is 11.8. The van der Waals surface area contributed by atoms with Crippen molar-refractivity contribution < 1.29 is 9.47 Å². The van der Waals surface area contributed by atoms with E-state index in [9.17, 15) is 0 Å². The topological polar surface area (TPSA) is 30.5 Å². The Balaban J connectivity index is 1.78. The summed E-state index contributed by atoms with van der Waals surface area (Å²) in [6.07, 6.45) is 0.979. The number of hydrogen-bond donors (Lipinski definition) is 1. The minimum atomic E-state index is -0.258. The van der Waals surface area contributed by atoms with Gasteiger partial charge in [0.05, 0.1) is 0 Å². The Labute approximate surface area is 132 Å². The molecule has 1 N–H and O–H groups in total. The smallest absolute Gasteiger partial charge is 0.120 e. The Morgan fingerprint density at radius 1 is 1.14 bits per heavy atom. The summed E-state index contributed by atoms with van der Waals surface area (Å²) in [6, 6.07) is 18.8. The SMILES string of the molecule is COC1(c2cccc(OCc3ccccc3)c2)CCNC1C. The fraction of sp³-hybridized carbons (Fsp3) is 0.368. The highest BCUT2D eigenvalue weighted by atomic mass is 16.5. The van der Waals surface area contributed by atoms with Crippen LogP contribution in [0.25, 0.3) is 0 Å². The van der Waals surface area contributed by atoms with E-state index >= 15 is 0 Å². The molecule has 1 saturated heterocycles. The van der Waals surface area contributed by atoms with Crippen molar-refractivity contribution in [3.05, 3.63) is 65.7 Å². The highest BCUT2D eigenvalue weighted by Crippen LogP contribution is 2.37. The second-order valence-corrected chi connectivity index (χ2v) is 5.82. The van der Waals surface area contributed by atoms with Gasteiger partial charge in [-0.05, 0) is 43.1 Å². The van der Waals surface area contributed by atoms with Gasteiger partial charge in [-0.15, -0.1) is 0 Å². The summed E-state index contributed by atoms with van der Waals surface area (Å²) in [6.45, 7) is 3.73. The zero-order valence-electron chi connectivity index (χ0n) is 13.2. The molecule has 0 radical (unpaired) electrons. The molecule has 2 aromatic carbocycles. The van der Waals surface area contributed by atoms with E-state index in [1.54, 1.807) is 7.11 Å². The van der Waals surface area contributed by atoms with Crippen LogP contribution in [0.4, 0.5) is 0 Å². The van der Waals surface area contributed by atoms with Gasteiger partial charge >= 0.3 is 0 Å². The Morgan fingerprint density at radius 2 is 1.95 bits per heavy atom. The maximum absolute atomic E-state index is 5.94. The third kappa shape index (κ3) is 2.87. The summed E-state index contributed by atoms with van der Waals surface area (Å²) in [5.41, 5.74) is 2.09. The molecule has 2 unspecified atom stereocenters. The first kappa shape index (κ1) is 15.1. The second-order valence-electron chi connectivity index (χ2n) is 5.82. The van der Waals surface area contributed by atoms with Gasteiger partial charge in [-0.1, -0.05) is 42.5 Å². The number of methoxy groups -OCH3 is 1. The van der Waals surface area contributed by atoms with Crippen LogP contribution in [0.3, 0.4) is 0 Å². The highest BCUT2D eigenvalue weighted by molar-refractivity contribution is 5.35. The van der Waals surface area contributed by atoms with E-state index in [1.807, 2.05) is 30.3 Å². The lowest BCUT2D eigenvalue weighted by molar-refractivity contribution is -0.0208. The third-order valence-electron chi connectivity index (χ3n) is 4.58. The Kier molecular flexibility index (Phi) is 4.46. The van der Waals surface area contributed by atoms with E-state index in [4.69, 9.17) is 9.47 Å². The molecule has 0 amide bonds. The van der Waals surface area contributed by atoms with Crippen molar-refractivity contribution in [2.45, 2.75) is 31.6 Å². The zero-order valence-corrected chi connectivity index (χ0v) is 13.2. The lowest BCUT2D eigenvalue weighted by Gasteiger charge is -2.32. The zero-order chi connectivity index (χ0) is 15.4. The molecule has 1 heterocycles. The molecule has 0 spiro atoms. The maximum atomic E-state index is 5.94. The minimum absolute atomic E-state index is 0.258. The van der Waals surface area contributed by atoms with E-state index in [1.165, 1.54) is 11.1 Å². The van der Waals surface area contributed by atoms with Crippen molar-refractivity contribution in [3.63, 3.8) is 0 Å². The monoisotopic (exact) mass is 297 g/mol. The number of nitrogens with one attached hydrogen (secondary N) is 1. The predicted octanol–water partition coefficient (Wildman–Crippen LogP) is 3.49. The van der Waals surface area contributed by atoms with Crippen LogP contribution in [0.1, 0.15) is 24.5 Å².